The molecular formula is C5H10N2. The van der Waals surface area contributed by atoms with Gasteiger partial charge in [-0.05, 0) is 6.42 Å². The lowest BCUT2D eigenvalue weighted by Gasteiger charge is -1.97. The van der Waals surface area contributed by atoms with Gasteiger partial charge in [-0.3, -0.25) is 10.9 Å². The van der Waals surface area contributed by atoms with Gasteiger partial charge >= 0.3 is 0 Å². The lowest BCUT2D eigenvalue weighted by Crippen LogP contribution is -2.28. The summed E-state index contributed by atoms with van der Waals surface area (Å²) < 4.78 is 0. The van der Waals surface area contributed by atoms with Crippen LogP contribution in [-0.2, 0) is 0 Å². The summed E-state index contributed by atoms with van der Waals surface area (Å²) in [7, 11) is 0. The van der Waals surface area contributed by atoms with Crippen molar-refractivity contribution in [3.8, 4) is 0 Å². The summed E-state index contributed by atoms with van der Waals surface area (Å²) in [6.07, 6.45) is 3.09. The molecule has 2 N–H and O–H groups in total. The SMILES string of the molecule is C=CC1CCNN1. The van der Waals surface area contributed by atoms with E-state index in [1.807, 2.05) is 6.08 Å². The summed E-state index contributed by atoms with van der Waals surface area (Å²) in [5.74, 6) is 0. The van der Waals surface area contributed by atoms with Crippen molar-refractivity contribution >= 4 is 0 Å². The molecule has 1 rings (SSSR count). The average molecular weight is 98.1 g/mol. The van der Waals surface area contributed by atoms with Crippen LogP contribution in [-0.4, -0.2) is 12.6 Å². The fourth-order valence-corrected chi connectivity index (χ4v) is 0.680. The van der Waals surface area contributed by atoms with Crippen LogP contribution in [0.4, 0.5) is 0 Å². The third-order valence-electron chi connectivity index (χ3n) is 1.15. The normalized spacial score (nSPS) is 30.6. The van der Waals surface area contributed by atoms with E-state index >= 15 is 0 Å². The molecular weight excluding hydrogens is 88.1 g/mol. The maximum Gasteiger partial charge on any atom is 0.0402 e. The molecule has 0 aromatic carbocycles. The molecule has 1 atom stereocenters. The molecule has 2 heteroatoms. The Kier molecular flexibility index (Phi) is 1.44. The Hall–Kier alpha value is -0.340. The molecule has 0 radical (unpaired) electrons. The molecule has 0 aromatic rings. The molecule has 40 valence electrons. The highest BCUT2D eigenvalue weighted by Gasteiger charge is 2.06. The van der Waals surface area contributed by atoms with Crippen LogP contribution < -0.4 is 10.9 Å². The topological polar surface area (TPSA) is 24.1 Å². The van der Waals surface area contributed by atoms with Gasteiger partial charge in [0.15, 0.2) is 0 Å². The third kappa shape index (κ3) is 1.01. The largest absolute Gasteiger partial charge is 0.257 e. The highest BCUT2D eigenvalue weighted by atomic mass is 15.4. The molecule has 7 heavy (non-hydrogen) atoms. The quantitative estimate of drug-likeness (QED) is 0.452. The van der Waals surface area contributed by atoms with Crippen molar-refractivity contribution in [1.82, 2.24) is 10.9 Å². The number of hydrogen-bond donors (Lipinski definition) is 2. The van der Waals surface area contributed by atoms with Crippen molar-refractivity contribution in [2.75, 3.05) is 6.54 Å². The molecule has 0 saturated carbocycles. The Labute approximate surface area is 43.6 Å². The summed E-state index contributed by atoms with van der Waals surface area (Å²) in [6.45, 7) is 4.71. The minimum absolute atomic E-state index is 0.500. The van der Waals surface area contributed by atoms with Crippen LogP contribution in [0.3, 0.4) is 0 Å². The Balaban J connectivity index is 2.26. The Bertz CT molecular complexity index is 64.5. The lowest BCUT2D eigenvalue weighted by molar-refractivity contribution is 0.632. The van der Waals surface area contributed by atoms with Crippen LogP contribution in [0, 0.1) is 0 Å². The van der Waals surface area contributed by atoms with E-state index < -0.39 is 0 Å². The number of rotatable bonds is 1. The molecule has 0 aromatic heterocycles. The van der Waals surface area contributed by atoms with E-state index in [2.05, 4.69) is 17.4 Å². The fraction of sp³-hybridized carbons (Fsp3) is 0.600. The van der Waals surface area contributed by atoms with Crippen LogP contribution in [0.1, 0.15) is 6.42 Å². The monoisotopic (exact) mass is 98.1 g/mol. The van der Waals surface area contributed by atoms with Crippen LogP contribution in [0.2, 0.25) is 0 Å². The second kappa shape index (κ2) is 2.09. The minimum Gasteiger partial charge on any atom is -0.257 e. The Morgan fingerprint density at radius 1 is 1.71 bits per heavy atom. The van der Waals surface area contributed by atoms with Crippen LogP contribution in [0.5, 0.6) is 0 Å². The second-order valence-electron chi connectivity index (χ2n) is 1.70. The van der Waals surface area contributed by atoms with Crippen LogP contribution in [0.25, 0.3) is 0 Å². The van der Waals surface area contributed by atoms with Crippen molar-refractivity contribution in [2.45, 2.75) is 12.5 Å². The van der Waals surface area contributed by atoms with Crippen molar-refractivity contribution in [3.63, 3.8) is 0 Å². The van der Waals surface area contributed by atoms with Crippen LogP contribution >= 0.6 is 0 Å². The van der Waals surface area contributed by atoms with Gasteiger partial charge in [0.1, 0.15) is 0 Å². The fourth-order valence-electron chi connectivity index (χ4n) is 0.680. The summed E-state index contributed by atoms with van der Waals surface area (Å²) in [5.41, 5.74) is 6.04. The first-order valence-corrected chi connectivity index (χ1v) is 2.54. The van der Waals surface area contributed by atoms with E-state index in [0.29, 0.717) is 6.04 Å². The minimum atomic E-state index is 0.500. The standard InChI is InChI=1S/C5H10N2/c1-2-5-3-4-6-7-5/h2,5-7H,1,3-4H2. The van der Waals surface area contributed by atoms with Crippen molar-refractivity contribution in [1.29, 1.82) is 0 Å². The zero-order chi connectivity index (χ0) is 5.11. The number of hydrogen-bond acceptors (Lipinski definition) is 2. The smallest absolute Gasteiger partial charge is 0.0402 e. The molecule has 0 amide bonds. The summed E-state index contributed by atoms with van der Waals surface area (Å²) in [5, 5.41) is 0. The first-order valence-electron chi connectivity index (χ1n) is 2.54. The molecule has 2 nitrogen and oxygen atoms in total. The maximum absolute atomic E-state index is 3.64. The third-order valence-corrected chi connectivity index (χ3v) is 1.15. The molecule has 0 spiro atoms. The van der Waals surface area contributed by atoms with Gasteiger partial charge in [0.2, 0.25) is 0 Å². The van der Waals surface area contributed by atoms with E-state index in [4.69, 9.17) is 0 Å². The summed E-state index contributed by atoms with van der Waals surface area (Å²) >= 11 is 0. The first kappa shape index (κ1) is 4.81. The molecule has 1 aliphatic heterocycles. The van der Waals surface area contributed by atoms with Gasteiger partial charge in [-0.2, -0.15) is 0 Å². The highest BCUT2D eigenvalue weighted by Crippen LogP contribution is 1.93. The van der Waals surface area contributed by atoms with Gasteiger partial charge < -0.3 is 0 Å². The molecule has 1 heterocycles. The van der Waals surface area contributed by atoms with Gasteiger partial charge in [-0.15, -0.1) is 6.58 Å². The zero-order valence-electron chi connectivity index (χ0n) is 4.28. The molecule has 1 saturated heterocycles. The molecule has 1 fully saturated rings. The molecule has 1 aliphatic rings. The van der Waals surface area contributed by atoms with Crippen molar-refractivity contribution < 1.29 is 0 Å². The van der Waals surface area contributed by atoms with Gasteiger partial charge in [0.25, 0.3) is 0 Å². The van der Waals surface area contributed by atoms with Gasteiger partial charge in [0, 0.05) is 12.6 Å². The predicted molar refractivity (Wildman–Crippen MR) is 29.7 cm³/mol. The molecule has 0 aliphatic carbocycles. The van der Waals surface area contributed by atoms with Gasteiger partial charge in [0.05, 0.1) is 0 Å². The van der Waals surface area contributed by atoms with E-state index in [-0.39, 0.29) is 0 Å². The van der Waals surface area contributed by atoms with Crippen molar-refractivity contribution in [2.24, 2.45) is 0 Å². The predicted octanol–water partition coefficient (Wildman–Crippen LogP) is 0.0389. The van der Waals surface area contributed by atoms with Gasteiger partial charge in [-0.1, -0.05) is 6.08 Å². The summed E-state index contributed by atoms with van der Waals surface area (Å²) in [4.78, 5) is 0. The van der Waals surface area contributed by atoms with E-state index in [0.717, 1.165) is 6.54 Å². The summed E-state index contributed by atoms with van der Waals surface area (Å²) in [6, 6.07) is 0.500. The maximum atomic E-state index is 3.64. The number of nitrogens with one attached hydrogen (secondary N) is 2. The lowest BCUT2D eigenvalue weighted by atomic mass is 10.2. The second-order valence-corrected chi connectivity index (χ2v) is 1.70. The molecule has 0 bridgehead atoms. The van der Waals surface area contributed by atoms with E-state index in [1.165, 1.54) is 6.42 Å². The number of hydrazine groups is 1. The van der Waals surface area contributed by atoms with Crippen molar-refractivity contribution in [3.05, 3.63) is 12.7 Å². The molecule has 1 unspecified atom stereocenters. The average Bonchev–Trinajstić information content (AvgIpc) is 2.14. The van der Waals surface area contributed by atoms with E-state index in [1.54, 1.807) is 0 Å². The first-order chi connectivity index (χ1) is 3.43. The Morgan fingerprint density at radius 3 is 2.86 bits per heavy atom. The zero-order valence-corrected chi connectivity index (χ0v) is 4.28. The van der Waals surface area contributed by atoms with Crippen LogP contribution in [0.15, 0.2) is 12.7 Å². The Morgan fingerprint density at radius 2 is 2.57 bits per heavy atom. The highest BCUT2D eigenvalue weighted by molar-refractivity contribution is 4.87. The van der Waals surface area contributed by atoms with Gasteiger partial charge in [-0.25, -0.2) is 0 Å². The van der Waals surface area contributed by atoms with E-state index in [9.17, 15) is 0 Å².